The predicted molar refractivity (Wildman–Crippen MR) is 125 cm³/mol. The van der Waals surface area contributed by atoms with Crippen LogP contribution in [0.25, 0.3) is 5.65 Å². The molecule has 8 nitrogen and oxygen atoms in total. The highest BCUT2D eigenvalue weighted by molar-refractivity contribution is 6.32. The number of nitrogens with zero attached hydrogens (tertiary/aromatic N) is 3. The zero-order chi connectivity index (χ0) is 23.4. The van der Waals surface area contributed by atoms with Gasteiger partial charge in [0.1, 0.15) is 17.3 Å². The number of ether oxygens (including phenoxy) is 3. The Balaban J connectivity index is 1.47. The molecule has 0 saturated carbocycles. The summed E-state index contributed by atoms with van der Waals surface area (Å²) in [7, 11) is 1.56. The normalized spacial score (nSPS) is 10.9. The molecule has 1 aromatic carbocycles. The van der Waals surface area contributed by atoms with Crippen molar-refractivity contribution in [2.45, 2.75) is 26.6 Å². The number of hydrogen-bond acceptors (Lipinski definition) is 6. The maximum atomic E-state index is 12.7. The number of nitrogens with one attached hydrogen (secondary N) is 1. The first kappa shape index (κ1) is 22.4. The van der Waals surface area contributed by atoms with Crippen LogP contribution in [0.2, 0.25) is 5.02 Å². The third kappa shape index (κ3) is 5.35. The van der Waals surface area contributed by atoms with Crippen LogP contribution in [0.4, 0.5) is 5.69 Å². The molecule has 33 heavy (non-hydrogen) atoms. The van der Waals surface area contributed by atoms with E-state index in [1.807, 2.05) is 48.8 Å². The van der Waals surface area contributed by atoms with E-state index in [1.165, 1.54) is 12.3 Å². The Kier molecular flexibility index (Phi) is 6.65. The molecule has 9 heteroatoms. The fraction of sp³-hybridized carbons (Fsp3) is 0.208. The lowest BCUT2D eigenvalue weighted by atomic mass is 10.2. The number of benzene rings is 1. The van der Waals surface area contributed by atoms with Crippen LogP contribution in [0.3, 0.4) is 0 Å². The fourth-order valence-corrected chi connectivity index (χ4v) is 3.35. The molecule has 0 aliphatic carbocycles. The minimum atomic E-state index is -0.364. The van der Waals surface area contributed by atoms with Gasteiger partial charge >= 0.3 is 0 Å². The van der Waals surface area contributed by atoms with Crippen molar-refractivity contribution in [2.75, 3.05) is 12.4 Å². The van der Waals surface area contributed by atoms with Crippen molar-refractivity contribution in [1.29, 1.82) is 0 Å². The molecule has 0 radical (unpaired) electrons. The molecule has 1 N–H and O–H groups in total. The number of hydrogen-bond donors (Lipinski definition) is 1. The Morgan fingerprint density at radius 2 is 2.03 bits per heavy atom. The van der Waals surface area contributed by atoms with E-state index in [9.17, 15) is 4.79 Å². The van der Waals surface area contributed by atoms with Gasteiger partial charge in [0.05, 0.1) is 24.5 Å². The first-order valence-electron chi connectivity index (χ1n) is 10.3. The van der Waals surface area contributed by atoms with Gasteiger partial charge in [0.25, 0.3) is 5.91 Å². The number of aromatic nitrogens is 3. The molecule has 170 valence electrons. The van der Waals surface area contributed by atoms with Crippen molar-refractivity contribution in [2.24, 2.45) is 0 Å². The molecule has 0 aliphatic heterocycles. The first-order valence-corrected chi connectivity index (χ1v) is 10.7. The molecule has 0 unspecified atom stereocenters. The molecule has 0 atom stereocenters. The van der Waals surface area contributed by atoms with E-state index in [2.05, 4.69) is 15.3 Å². The van der Waals surface area contributed by atoms with Gasteiger partial charge in [-0.05, 0) is 44.2 Å². The summed E-state index contributed by atoms with van der Waals surface area (Å²) in [5.74, 6) is 0.938. The fourth-order valence-electron chi connectivity index (χ4n) is 3.14. The average Bonchev–Trinajstić information content (AvgIpc) is 3.22. The molecule has 0 spiro atoms. The van der Waals surface area contributed by atoms with Gasteiger partial charge in [-0.1, -0.05) is 17.7 Å². The summed E-state index contributed by atoms with van der Waals surface area (Å²) in [5, 5.41) is 3.09. The van der Waals surface area contributed by atoms with Crippen LogP contribution in [0.1, 0.15) is 29.9 Å². The second kappa shape index (κ2) is 9.79. The van der Waals surface area contributed by atoms with Crippen LogP contribution in [-0.2, 0) is 6.61 Å². The Labute approximate surface area is 196 Å². The van der Waals surface area contributed by atoms with Crippen LogP contribution in [0, 0.1) is 0 Å². The van der Waals surface area contributed by atoms with E-state index in [0.717, 1.165) is 11.3 Å². The molecular weight excluding hydrogens is 444 g/mol. The van der Waals surface area contributed by atoms with E-state index < -0.39 is 0 Å². The number of fused-ring (bicyclic) bond motifs is 1. The SMILES string of the molecule is COc1ccc(NC(=O)c2cnc(OC(C)C)c(Cl)c2)cc1OCc1cn2ccccc2n1. The number of anilines is 1. The van der Waals surface area contributed by atoms with Crippen LogP contribution in [0.5, 0.6) is 17.4 Å². The minimum Gasteiger partial charge on any atom is -0.493 e. The third-order valence-corrected chi connectivity index (χ3v) is 4.90. The smallest absolute Gasteiger partial charge is 0.257 e. The van der Waals surface area contributed by atoms with E-state index in [0.29, 0.717) is 22.7 Å². The molecule has 0 aliphatic rings. The zero-order valence-electron chi connectivity index (χ0n) is 18.4. The standard InChI is InChI=1S/C24H23ClN4O4/c1-15(2)33-24-19(25)10-16(12-26-24)23(30)28-17-7-8-20(31-3)21(11-17)32-14-18-13-29-9-5-4-6-22(29)27-18/h4-13,15H,14H2,1-3H3,(H,28,30). The van der Waals surface area contributed by atoms with Gasteiger partial charge in [-0.3, -0.25) is 4.79 Å². The summed E-state index contributed by atoms with van der Waals surface area (Å²) in [6, 6.07) is 12.4. The molecule has 0 bridgehead atoms. The van der Waals surface area contributed by atoms with Gasteiger partial charge in [0, 0.05) is 30.3 Å². The second-order valence-corrected chi connectivity index (χ2v) is 7.89. The maximum Gasteiger partial charge on any atom is 0.257 e. The number of rotatable bonds is 8. The number of carbonyl (C=O) groups excluding carboxylic acids is 1. The van der Waals surface area contributed by atoms with E-state index in [-0.39, 0.29) is 29.5 Å². The topological polar surface area (TPSA) is 87.0 Å². The van der Waals surface area contributed by atoms with Crippen molar-refractivity contribution in [3.8, 4) is 17.4 Å². The lowest BCUT2D eigenvalue weighted by molar-refractivity contribution is 0.102. The molecule has 4 rings (SSSR count). The highest BCUT2D eigenvalue weighted by Crippen LogP contribution is 2.31. The number of halogens is 1. The average molecular weight is 467 g/mol. The van der Waals surface area contributed by atoms with Gasteiger partial charge in [-0.25, -0.2) is 9.97 Å². The molecule has 0 saturated heterocycles. The summed E-state index contributed by atoms with van der Waals surface area (Å²) in [6.07, 6.45) is 5.17. The molecule has 0 fully saturated rings. The van der Waals surface area contributed by atoms with Crippen LogP contribution in [0.15, 0.2) is 61.1 Å². The number of methoxy groups -OCH3 is 1. The molecule has 4 aromatic rings. The van der Waals surface area contributed by atoms with Crippen LogP contribution >= 0.6 is 11.6 Å². The van der Waals surface area contributed by atoms with Gasteiger partial charge < -0.3 is 23.9 Å². The van der Waals surface area contributed by atoms with E-state index in [1.54, 1.807) is 25.3 Å². The van der Waals surface area contributed by atoms with E-state index >= 15 is 0 Å². The number of imidazole rings is 1. The Morgan fingerprint density at radius 1 is 1.18 bits per heavy atom. The summed E-state index contributed by atoms with van der Waals surface area (Å²) < 4.78 is 18.8. The van der Waals surface area contributed by atoms with Gasteiger partial charge in [-0.15, -0.1) is 0 Å². The van der Waals surface area contributed by atoms with Crippen molar-refractivity contribution < 1.29 is 19.0 Å². The Hall–Kier alpha value is -3.78. The van der Waals surface area contributed by atoms with E-state index in [4.69, 9.17) is 25.8 Å². The largest absolute Gasteiger partial charge is 0.493 e. The Bertz CT molecular complexity index is 1260. The quantitative estimate of drug-likeness (QED) is 0.393. The second-order valence-electron chi connectivity index (χ2n) is 7.48. The summed E-state index contributed by atoms with van der Waals surface area (Å²) >= 11 is 6.20. The number of carbonyl (C=O) groups is 1. The van der Waals surface area contributed by atoms with Crippen LogP contribution in [-0.4, -0.2) is 33.5 Å². The lowest BCUT2D eigenvalue weighted by Crippen LogP contribution is -2.13. The summed E-state index contributed by atoms with van der Waals surface area (Å²) in [5.41, 5.74) is 2.44. The summed E-state index contributed by atoms with van der Waals surface area (Å²) in [4.78, 5) is 21.4. The van der Waals surface area contributed by atoms with Crippen molar-refractivity contribution in [3.63, 3.8) is 0 Å². The highest BCUT2D eigenvalue weighted by atomic mass is 35.5. The molecule has 3 heterocycles. The number of pyridine rings is 2. The number of amides is 1. The highest BCUT2D eigenvalue weighted by Gasteiger charge is 2.14. The summed E-state index contributed by atoms with van der Waals surface area (Å²) in [6.45, 7) is 3.99. The monoisotopic (exact) mass is 466 g/mol. The van der Waals surface area contributed by atoms with Gasteiger partial charge in [-0.2, -0.15) is 0 Å². The van der Waals surface area contributed by atoms with Crippen LogP contribution < -0.4 is 19.5 Å². The minimum absolute atomic E-state index is 0.0760. The first-order chi connectivity index (χ1) is 15.9. The lowest BCUT2D eigenvalue weighted by Gasteiger charge is -2.13. The zero-order valence-corrected chi connectivity index (χ0v) is 19.2. The van der Waals surface area contributed by atoms with Crippen molar-refractivity contribution in [3.05, 3.63) is 77.3 Å². The molecular formula is C24H23ClN4O4. The predicted octanol–water partition coefficient (Wildman–Crippen LogP) is 5.01. The van der Waals surface area contributed by atoms with Gasteiger partial charge in [0.15, 0.2) is 11.5 Å². The maximum absolute atomic E-state index is 12.7. The third-order valence-electron chi connectivity index (χ3n) is 4.63. The van der Waals surface area contributed by atoms with Gasteiger partial charge in [0.2, 0.25) is 5.88 Å². The van der Waals surface area contributed by atoms with Crippen molar-refractivity contribution in [1.82, 2.24) is 14.4 Å². The van der Waals surface area contributed by atoms with Crippen molar-refractivity contribution >= 4 is 28.8 Å². The molecule has 1 amide bonds. The molecule has 3 aromatic heterocycles. The Morgan fingerprint density at radius 3 is 2.76 bits per heavy atom.